The monoisotopic (exact) mass is 217 g/mol. The van der Waals surface area contributed by atoms with E-state index < -0.39 is 0 Å². The van der Waals surface area contributed by atoms with E-state index in [0.29, 0.717) is 6.54 Å². The van der Waals surface area contributed by atoms with Gasteiger partial charge in [0.25, 0.3) is 0 Å². The molecular weight excluding hydrogens is 202 g/mol. The van der Waals surface area contributed by atoms with Gasteiger partial charge < -0.3 is 5.73 Å². The largest absolute Gasteiger partial charge is 0.326 e. The number of hydrogen-bond donors (Lipinski definition) is 1. The molecule has 1 aromatic carbocycles. The Morgan fingerprint density at radius 1 is 1.13 bits per heavy atom. The molecular formula is C13H15NS. The first-order chi connectivity index (χ1) is 7.20. The Morgan fingerprint density at radius 3 is 2.53 bits per heavy atom. The lowest BCUT2D eigenvalue weighted by Gasteiger charge is -2.02. The standard InChI is InChI=1S/C13H15NS/c1-9-3-4-12(5-10(9)2)13-6-11(7-14)8-15-13/h3-6,8H,7,14H2,1-2H3. The van der Waals surface area contributed by atoms with E-state index in [1.165, 1.54) is 27.1 Å². The molecule has 2 aromatic rings. The highest BCUT2D eigenvalue weighted by Gasteiger charge is 2.02. The number of aryl methyl sites for hydroxylation is 2. The van der Waals surface area contributed by atoms with Crippen molar-refractivity contribution < 1.29 is 0 Å². The first-order valence-electron chi connectivity index (χ1n) is 5.06. The minimum atomic E-state index is 0.626. The molecule has 0 fully saturated rings. The predicted octanol–water partition coefficient (Wildman–Crippen LogP) is 3.49. The van der Waals surface area contributed by atoms with Crippen molar-refractivity contribution in [3.05, 3.63) is 46.3 Å². The van der Waals surface area contributed by atoms with E-state index in [-0.39, 0.29) is 0 Å². The van der Waals surface area contributed by atoms with Gasteiger partial charge in [-0.15, -0.1) is 11.3 Å². The van der Waals surface area contributed by atoms with Crippen LogP contribution in [0.4, 0.5) is 0 Å². The Morgan fingerprint density at radius 2 is 1.93 bits per heavy atom. The van der Waals surface area contributed by atoms with Gasteiger partial charge >= 0.3 is 0 Å². The lowest BCUT2D eigenvalue weighted by Crippen LogP contribution is -1.92. The van der Waals surface area contributed by atoms with E-state index in [4.69, 9.17) is 5.73 Å². The SMILES string of the molecule is Cc1ccc(-c2cc(CN)cs2)cc1C. The summed E-state index contributed by atoms with van der Waals surface area (Å²) in [5.74, 6) is 0. The fraction of sp³-hybridized carbons (Fsp3) is 0.231. The molecule has 1 heterocycles. The highest BCUT2D eigenvalue weighted by Crippen LogP contribution is 2.28. The smallest absolute Gasteiger partial charge is 0.0346 e. The number of hydrogen-bond acceptors (Lipinski definition) is 2. The Hall–Kier alpha value is -1.12. The number of nitrogens with two attached hydrogens (primary N) is 1. The summed E-state index contributed by atoms with van der Waals surface area (Å²) in [6.45, 7) is 4.91. The van der Waals surface area contributed by atoms with Crippen LogP contribution in [-0.2, 0) is 6.54 Å². The van der Waals surface area contributed by atoms with Crippen LogP contribution in [0.2, 0.25) is 0 Å². The molecule has 0 amide bonds. The van der Waals surface area contributed by atoms with E-state index in [2.05, 4.69) is 43.5 Å². The average Bonchev–Trinajstić information content (AvgIpc) is 2.70. The molecule has 78 valence electrons. The molecule has 2 rings (SSSR count). The third-order valence-electron chi connectivity index (χ3n) is 2.68. The van der Waals surface area contributed by atoms with Gasteiger partial charge in [-0.2, -0.15) is 0 Å². The van der Waals surface area contributed by atoms with Gasteiger partial charge in [-0.25, -0.2) is 0 Å². The van der Waals surface area contributed by atoms with E-state index in [9.17, 15) is 0 Å². The quantitative estimate of drug-likeness (QED) is 0.818. The van der Waals surface area contributed by atoms with Gasteiger partial charge in [0, 0.05) is 11.4 Å². The van der Waals surface area contributed by atoms with Gasteiger partial charge in [-0.05, 0) is 47.5 Å². The van der Waals surface area contributed by atoms with Crippen LogP contribution in [0, 0.1) is 13.8 Å². The predicted molar refractivity (Wildman–Crippen MR) is 67.1 cm³/mol. The fourth-order valence-corrected chi connectivity index (χ4v) is 2.45. The van der Waals surface area contributed by atoms with Crippen molar-refractivity contribution in [3.63, 3.8) is 0 Å². The first-order valence-corrected chi connectivity index (χ1v) is 5.94. The number of benzene rings is 1. The van der Waals surface area contributed by atoms with Gasteiger partial charge in [0.05, 0.1) is 0 Å². The van der Waals surface area contributed by atoms with Crippen molar-refractivity contribution in [2.45, 2.75) is 20.4 Å². The van der Waals surface area contributed by atoms with Crippen LogP contribution in [-0.4, -0.2) is 0 Å². The summed E-state index contributed by atoms with van der Waals surface area (Å²) in [5, 5.41) is 2.13. The van der Waals surface area contributed by atoms with Crippen LogP contribution < -0.4 is 5.73 Å². The van der Waals surface area contributed by atoms with Crippen molar-refractivity contribution in [3.8, 4) is 10.4 Å². The van der Waals surface area contributed by atoms with Gasteiger partial charge in [0.1, 0.15) is 0 Å². The molecule has 0 radical (unpaired) electrons. The normalized spacial score (nSPS) is 10.6. The Bertz CT molecular complexity index is 471. The zero-order chi connectivity index (χ0) is 10.8. The first kappa shape index (κ1) is 10.4. The molecule has 1 nitrogen and oxygen atoms in total. The average molecular weight is 217 g/mol. The molecule has 0 saturated heterocycles. The van der Waals surface area contributed by atoms with Gasteiger partial charge in [-0.3, -0.25) is 0 Å². The molecule has 0 aliphatic carbocycles. The Kier molecular flexibility index (Phi) is 2.89. The van der Waals surface area contributed by atoms with Crippen molar-refractivity contribution >= 4 is 11.3 Å². The summed E-state index contributed by atoms with van der Waals surface area (Å²) in [7, 11) is 0. The van der Waals surface area contributed by atoms with Crippen molar-refractivity contribution in [2.24, 2.45) is 5.73 Å². The van der Waals surface area contributed by atoms with Crippen LogP contribution in [0.5, 0.6) is 0 Å². The zero-order valence-corrected chi connectivity index (χ0v) is 9.90. The van der Waals surface area contributed by atoms with E-state index in [1.807, 2.05) is 0 Å². The molecule has 0 saturated carbocycles. The van der Waals surface area contributed by atoms with Gasteiger partial charge in [0.15, 0.2) is 0 Å². The van der Waals surface area contributed by atoms with E-state index in [1.54, 1.807) is 11.3 Å². The summed E-state index contributed by atoms with van der Waals surface area (Å²) in [5.41, 5.74) is 10.8. The van der Waals surface area contributed by atoms with Gasteiger partial charge in [-0.1, -0.05) is 18.2 Å². The summed E-state index contributed by atoms with van der Waals surface area (Å²) in [4.78, 5) is 1.30. The number of thiophene rings is 1. The maximum Gasteiger partial charge on any atom is 0.0346 e. The molecule has 0 spiro atoms. The maximum absolute atomic E-state index is 5.60. The van der Waals surface area contributed by atoms with Crippen molar-refractivity contribution in [1.82, 2.24) is 0 Å². The molecule has 2 heteroatoms. The van der Waals surface area contributed by atoms with Crippen molar-refractivity contribution in [2.75, 3.05) is 0 Å². The maximum atomic E-state index is 5.60. The third-order valence-corrected chi connectivity index (χ3v) is 3.71. The topological polar surface area (TPSA) is 26.0 Å². The van der Waals surface area contributed by atoms with Crippen molar-refractivity contribution in [1.29, 1.82) is 0 Å². The van der Waals surface area contributed by atoms with Gasteiger partial charge in [0.2, 0.25) is 0 Å². The minimum Gasteiger partial charge on any atom is -0.326 e. The summed E-state index contributed by atoms with van der Waals surface area (Å²) in [6.07, 6.45) is 0. The molecule has 15 heavy (non-hydrogen) atoms. The molecule has 0 bridgehead atoms. The summed E-state index contributed by atoms with van der Waals surface area (Å²) < 4.78 is 0. The molecule has 0 unspecified atom stereocenters. The summed E-state index contributed by atoms with van der Waals surface area (Å²) in [6, 6.07) is 8.76. The molecule has 0 aliphatic heterocycles. The van der Waals surface area contributed by atoms with Crippen LogP contribution in [0.3, 0.4) is 0 Å². The van der Waals surface area contributed by atoms with E-state index in [0.717, 1.165) is 0 Å². The molecule has 2 N–H and O–H groups in total. The second kappa shape index (κ2) is 4.17. The zero-order valence-electron chi connectivity index (χ0n) is 9.08. The second-order valence-corrected chi connectivity index (χ2v) is 4.73. The van der Waals surface area contributed by atoms with Crippen LogP contribution in [0.1, 0.15) is 16.7 Å². The number of rotatable bonds is 2. The fourth-order valence-electron chi connectivity index (χ4n) is 1.53. The molecule has 0 aliphatic rings. The minimum absolute atomic E-state index is 0.626. The van der Waals surface area contributed by atoms with Crippen LogP contribution >= 0.6 is 11.3 Å². The lowest BCUT2D eigenvalue weighted by molar-refractivity contribution is 1.08. The lowest BCUT2D eigenvalue weighted by atomic mass is 10.1. The summed E-state index contributed by atoms with van der Waals surface area (Å²) >= 11 is 1.76. The highest BCUT2D eigenvalue weighted by atomic mass is 32.1. The van der Waals surface area contributed by atoms with Crippen LogP contribution in [0.25, 0.3) is 10.4 Å². The molecule has 1 aromatic heterocycles. The third kappa shape index (κ3) is 2.11. The Labute approximate surface area is 94.6 Å². The highest BCUT2D eigenvalue weighted by molar-refractivity contribution is 7.13. The molecule has 0 atom stereocenters. The Balaban J connectivity index is 2.40. The van der Waals surface area contributed by atoms with Crippen LogP contribution in [0.15, 0.2) is 29.6 Å². The second-order valence-electron chi connectivity index (χ2n) is 3.82. The van der Waals surface area contributed by atoms with E-state index >= 15 is 0 Å².